The summed E-state index contributed by atoms with van der Waals surface area (Å²) < 4.78 is 28.2. The van der Waals surface area contributed by atoms with Gasteiger partial charge >= 0.3 is 0 Å². The number of rotatable bonds is 6. The van der Waals surface area contributed by atoms with Gasteiger partial charge in [0, 0.05) is 12.5 Å². The van der Waals surface area contributed by atoms with E-state index < -0.39 is 9.84 Å². The lowest BCUT2D eigenvalue weighted by atomic mass is 10.1. The van der Waals surface area contributed by atoms with Crippen molar-refractivity contribution in [1.82, 2.24) is 5.32 Å². The number of carbonyl (C=O) groups excluding carboxylic acids is 1. The first-order chi connectivity index (χ1) is 10.00. The molecule has 0 aliphatic carbocycles. The molecule has 5 nitrogen and oxygen atoms in total. The molecule has 1 fully saturated rings. The van der Waals surface area contributed by atoms with Gasteiger partial charge in [-0.1, -0.05) is 18.2 Å². The minimum Gasteiger partial charge on any atom is -0.494 e. The fourth-order valence-corrected chi connectivity index (χ4v) is 4.14. The molecule has 1 atom stereocenters. The molecule has 1 aliphatic rings. The van der Waals surface area contributed by atoms with Gasteiger partial charge in [-0.15, -0.1) is 0 Å². The molecule has 1 aromatic carbocycles. The quantitative estimate of drug-likeness (QED) is 0.860. The number of nitrogens with one attached hydrogen (secondary N) is 1. The van der Waals surface area contributed by atoms with E-state index >= 15 is 0 Å². The predicted octanol–water partition coefficient (Wildman–Crippen LogP) is 1.32. The van der Waals surface area contributed by atoms with E-state index in [1.165, 1.54) is 0 Å². The van der Waals surface area contributed by atoms with Gasteiger partial charge < -0.3 is 10.1 Å². The van der Waals surface area contributed by atoms with Gasteiger partial charge in [0.05, 0.1) is 18.1 Å². The van der Waals surface area contributed by atoms with Crippen molar-refractivity contribution in [2.75, 3.05) is 18.1 Å². The van der Waals surface area contributed by atoms with Gasteiger partial charge in [-0.05, 0) is 31.4 Å². The van der Waals surface area contributed by atoms with E-state index in [4.69, 9.17) is 4.74 Å². The lowest BCUT2D eigenvalue weighted by Gasteiger charge is -2.12. The largest absolute Gasteiger partial charge is 0.494 e. The first kappa shape index (κ1) is 15.8. The van der Waals surface area contributed by atoms with Crippen LogP contribution < -0.4 is 10.1 Å². The van der Waals surface area contributed by atoms with Crippen molar-refractivity contribution in [1.29, 1.82) is 0 Å². The van der Waals surface area contributed by atoms with Crippen molar-refractivity contribution in [3.8, 4) is 5.75 Å². The maximum Gasteiger partial charge on any atom is 0.220 e. The fourth-order valence-electron chi connectivity index (χ4n) is 2.46. The summed E-state index contributed by atoms with van der Waals surface area (Å²) in [5, 5.41) is 2.80. The van der Waals surface area contributed by atoms with Gasteiger partial charge in [0.15, 0.2) is 9.84 Å². The molecule has 1 amide bonds. The maximum atomic E-state index is 11.9. The topological polar surface area (TPSA) is 72.5 Å². The predicted molar refractivity (Wildman–Crippen MR) is 81.1 cm³/mol. The monoisotopic (exact) mass is 311 g/mol. The van der Waals surface area contributed by atoms with Crippen LogP contribution in [0.2, 0.25) is 0 Å². The third-order valence-corrected chi connectivity index (χ3v) is 5.26. The van der Waals surface area contributed by atoms with Crippen LogP contribution in [-0.4, -0.2) is 38.5 Å². The van der Waals surface area contributed by atoms with E-state index in [0.29, 0.717) is 25.9 Å². The molecular weight excluding hydrogens is 290 g/mol. The summed E-state index contributed by atoms with van der Waals surface area (Å²) in [5.41, 5.74) is 0.994. The van der Waals surface area contributed by atoms with Gasteiger partial charge in [0.25, 0.3) is 0 Å². The zero-order valence-electron chi connectivity index (χ0n) is 12.2. The van der Waals surface area contributed by atoms with Crippen molar-refractivity contribution in [3.63, 3.8) is 0 Å². The highest BCUT2D eigenvalue weighted by molar-refractivity contribution is 7.91. The Morgan fingerprint density at radius 1 is 1.38 bits per heavy atom. The number of amides is 1. The van der Waals surface area contributed by atoms with Gasteiger partial charge in [-0.3, -0.25) is 4.79 Å². The summed E-state index contributed by atoms with van der Waals surface area (Å²) in [6.45, 7) is 2.51. The lowest BCUT2D eigenvalue weighted by molar-refractivity contribution is -0.121. The van der Waals surface area contributed by atoms with Gasteiger partial charge in [-0.2, -0.15) is 0 Å². The highest BCUT2D eigenvalue weighted by Gasteiger charge is 2.28. The third-order valence-electron chi connectivity index (χ3n) is 3.49. The second-order valence-electron chi connectivity index (χ2n) is 5.21. The number of aryl methyl sites for hydroxylation is 1. The Labute approximate surface area is 125 Å². The molecule has 1 aliphatic heterocycles. The molecule has 0 bridgehead atoms. The van der Waals surface area contributed by atoms with Crippen molar-refractivity contribution in [2.24, 2.45) is 0 Å². The Hall–Kier alpha value is -1.56. The molecule has 1 saturated heterocycles. The summed E-state index contributed by atoms with van der Waals surface area (Å²) in [6.07, 6.45) is 1.44. The zero-order valence-corrected chi connectivity index (χ0v) is 13.0. The van der Waals surface area contributed by atoms with Crippen LogP contribution >= 0.6 is 0 Å². The molecule has 0 unspecified atom stereocenters. The average molecular weight is 311 g/mol. The Kier molecular flexibility index (Phi) is 5.22. The van der Waals surface area contributed by atoms with Crippen molar-refractivity contribution in [2.45, 2.75) is 32.2 Å². The molecule has 6 heteroatoms. The normalized spacial score (nSPS) is 20.1. The van der Waals surface area contributed by atoms with Crippen LogP contribution in [0.3, 0.4) is 0 Å². The van der Waals surface area contributed by atoms with Crippen LogP contribution in [0.5, 0.6) is 5.75 Å². The molecule has 1 N–H and O–H groups in total. The minimum atomic E-state index is -2.96. The Morgan fingerprint density at radius 3 is 2.81 bits per heavy atom. The molecule has 0 spiro atoms. The number of carbonyl (C=O) groups is 1. The molecule has 0 aromatic heterocycles. The number of sulfone groups is 1. The first-order valence-corrected chi connectivity index (χ1v) is 9.03. The number of benzene rings is 1. The summed E-state index contributed by atoms with van der Waals surface area (Å²) in [7, 11) is -2.96. The number of ether oxygens (including phenoxy) is 1. The van der Waals surface area contributed by atoms with E-state index in [0.717, 1.165) is 11.3 Å². The third kappa shape index (κ3) is 4.74. The molecular formula is C15H21NO4S. The Bertz CT molecular complexity index is 597. The van der Waals surface area contributed by atoms with Crippen LogP contribution in [0, 0.1) is 0 Å². The minimum absolute atomic E-state index is 0.0638. The summed E-state index contributed by atoms with van der Waals surface area (Å²) >= 11 is 0. The highest BCUT2D eigenvalue weighted by Crippen LogP contribution is 2.19. The molecule has 0 saturated carbocycles. The molecule has 1 heterocycles. The average Bonchev–Trinajstić information content (AvgIpc) is 2.77. The lowest BCUT2D eigenvalue weighted by Crippen LogP contribution is -2.35. The first-order valence-electron chi connectivity index (χ1n) is 7.20. The number of hydrogen-bond acceptors (Lipinski definition) is 4. The summed E-state index contributed by atoms with van der Waals surface area (Å²) in [6, 6.07) is 7.42. The smallest absolute Gasteiger partial charge is 0.220 e. The standard InChI is InChI=1S/C15H21NO4S/c1-2-20-14-6-4-3-5-12(14)7-8-15(17)16-13-9-10-21(18,19)11-13/h3-6,13H,2,7-11H2,1H3,(H,16,17)/t13-/m0/s1. The fraction of sp³-hybridized carbons (Fsp3) is 0.533. The van der Waals surface area contributed by atoms with Gasteiger partial charge in [0.2, 0.25) is 5.91 Å². The Morgan fingerprint density at radius 2 is 2.14 bits per heavy atom. The highest BCUT2D eigenvalue weighted by atomic mass is 32.2. The maximum absolute atomic E-state index is 11.9. The molecule has 1 aromatic rings. The van der Waals surface area contributed by atoms with Crippen molar-refractivity contribution in [3.05, 3.63) is 29.8 Å². The number of para-hydroxylation sites is 1. The molecule has 21 heavy (non-hydrogen) atoms. The van der Waals surface area contributed by atoms with Gasteiger partial charge in [-0.25, -0.2) is 8.42 Å². The van der Waals surface area contributed by atoms with E-state index in [1.807, 2.05) is 31.2 Å². The van der Waals surface area contributed by atoms with E-state index in [2.05, 4.69) is 5.32 Å². The van der Waals surface area contributed by atoms with Crippen molar-refractivity contribution < 1.29 is 17.9 Å². The second kappa shape index (κ2) is 6.93. The van der Waals surface area contributed by atoms with Gasteiger partial charge in [0.1, 0.15) is 5.75 Å². The van der Waals surface area contributed by atoms with E-state index in [-0.39, 0.29) is 23.5 Å². The summed E-state index contributed by atoms with van der Waals surface area (Å²) in [4.78, 5) is 11.9. The van der Waals surface area contributed by atoms with Crippen LogP contribution in [0.1, 0.15) is 25.3 Å². The second-order valence-corrected chi connectivity index (χ2v) is 7.44. The molecule has 116 valence electrons. The van der Waals surface area contributed by atoms with Crippen molar-refractivity contribution >= 4 is 15.7 Å². The van der Waals surface area contributed by atoms with Crippen LogP contribution in [0.15, 0.2) is 24.3 Å². The molecule has 0 radical (unpaired) electrons. The van der Waals surface area contributed by atoms with Crippen LogP contribution in [0.25, 0.3) is 0 Å². The van der Waals surface area contributed by atoms with E-state index in [9.17, 15) is 13.2 Å². The molecule has 2 rings (SSSR count). The SMILES string of the molecule is CCOc1ccccc1CCC(=O)N[C@H]1CCS(=O)(=O)C1. The Balaban J connectivity index is 1.84. The van der Waals surface area contributed by atoms with Crippen LogP contribution in [0.4, 0.5) is 0 Å². The zero-order chi connectivity index (χ0) is 15.3. The van der Waals surface area contributed by atoms with Crippen LogP contribution in [-0.2, 0) is 21.1 Å². The number of hydrogen-bond donors (Lipinski definition) is 1. The summed E-state index contributed by atoms with van der Waals surface area (Å²) in [5.74, 6) is 0.930. The van der Waals surface area contributed by atoms with E-state index in [1.54, 1.807) is 0 Å².